The minimum Gasteiger partial charge on any atom is -0.329 e. The second-order valence-electron chi connectivity index (χ2n) is 3.74. The summed E-state index contributed by atoms with van der Waals surface area (Å²) in [6.07, 6.45) is -4.97. The van der Waals surface area contributed by atoms with E-state index in [1.165, 1.54) is 11.3 Å². The molecule has 0 aromatic carbocycles. The molecule has 2 N–H and O–H groups in total. The number of likely N-dealkylation sites (N-methyl/N-ethyl adjacent to an activating group) is 1. The Hall–Kier alpha value is -0.300. The summed E-state index contributed by atoms with van der Waals surface area (Å²) in [6.45, 7) is 0.200. The zero-order valence-electron chi connectivity index (χ0n) is 9.30. The minimum absolute atomic E-state index is 0.0686. The maximum Gasteiger partial charge on any atom is 0.390 e. The zero-order chi connectivity index (χ0) is 13.1. The molecule has 0 aliphatic rings. The van der Waals surface area contributed by atoms with Gasteiger partial charge in [-0.25, -0.2) is 0 Å². The summed E-state index contributed by atoms with van der Waals surface area (Å²) < 4.78 is 37.0. The van der Waals surface area contributed by atoms with Crippen molar-refractivity contribution in [3.63, 3.8) is 0 Å². The molecule has 0 radical (unpaired) electrons. The standard InChI is InChI=1S/C10H14ClF3N2S/c1-16(5-4-10(12,13)14)7(6-15)8-2-3-9(11)17-8/h2-3,7H,4-6,15H2,1H3. The van der Waals surface area contributed by atoms with Gasteiger partial charge in [0.25, 0.3) is 0 Å². The average Bonchev–Trinajstić information content (AvgIpc) is 2.62. The van der Waals surface area contributed by atoms with Crippen LogP contribution in [0.25, 0.3) is 0 Å². The van der Waals surface area contributed by atoms with Crippen LogP contribution in [0.1, 0.15) is 17.3 Å². The van der Waals surface area contributed by atoms with Gasteiger partial charge in [-0.3, -0.25) is 4.90 Å². The fourth-order valence-electron chi connectivity index (χ4n) is 1.48. The third-order valence-corrected chi connectivity index (χ3v) is 3.76. The van der Waals surface area contributed by atoms with Gasteiger partial charge in [0.05, 0.1) is 16.8 Å². The molecular weight excluding hydrogens is 273 g/mol. The van der Waals surface area contributed by atoms with Crippen LogP contribution in [-0.4, -0.2) is 31.2 Å². The zero-order valence-corrected chi connectivity index (χ0v) is 10.9. The molecule has 0 aliphatic heterocycles. The normalized spacial score (nSPS) is 14.3. The van der Waals surface area contributed by atoms with Gasteiger partial charge >= 0.3 is 6.18 Å². The summed E-state index contributed by atoms with van der Waals surface area (Å²) in [6, 6.07) is 3.31. The first-order chi connectivity index (χ1) is 7.83. The highest BCUT2D eigenvalue weighted by Crippen LogP contribution is 2.30. The van der Waals surface area contributed by atoms with Crippen LogP contribution in [0, 0.1) is 0 Å². The first-order valence-corrected chi connectivity index (χ1v) is 6.25. The van der Waals surface area contributed by atoms with Crippen LogP contribution < -0.4 is 5.73 Å². The van der Waals surface area contributed by atoms with E-state index in [1.54, 1.807) is 24.1 Å². The minimum atomic E-state index is -4.14. The Bertz CT molecular complexity index is 354. The van der Waals surface area contributed by atoms with E-state index in [1.807, 2.05) is 0 Å². The maximum absolute atomic E-state index is 12.1. The Kier molecular flexibility index (Phi) is 5.24. The lowest BCUT2D eigenvalue weighted by Crippen LogP contribution is -2.32. The molecule has 98 valence electrons. The van der Waals surface area contributed by atoms with E-state index in [4.69, 9.17) is 17.3 Å². The third kappa shape index (κ3) is 4.83. The van der Waals surface area contributed by atoms with Crippen LogP contribution in [-0.2, 0) is 0 Å². The van der Waals surface area contributed by atoms with Gasteiger partial charge in [0, 0.05) is 18.0 Å². The molecule has 0 fully saturated rings. The molecule has 7 heteroatoms. The second kappa shape index (κ2) is 6.04. The average molecular weight is 287 g/mol. The number of hydrogen-bond donors (Lipinski definition) is 1. The Morgan fingerprint density at radius 1 is 1.47 bits per heavy atom. The van der Waals surface area contributed by atoms with Gasteiger partial charge in [0.15, 0.2) is 0 Å². The van der Waals surface area contributed by atoms with Gasteiger partial charge in [0.1, 0.15) is 0 Å². The third-order valence-electron chi connectivity index (χ3n) is 2.43. The van der Waals surface area contributed by atoms with Crippen molar-refractivity contribution in [2.45, 2.75) is 18.6 Å². The molecule has 0 bridgehead atoms. The van der Waals surface area contributed by atoms with Crippen molar-refractivity contribution >= 4 is 22.9 Å². The monoisotopic (exact) mass is 286 g/mol. The number of rotatable bonds is 5. The van der Waals surface area contributed by atoms with E-state index in [9.17, 15) is 13.2 Å². The molecule has 0 spiro atoms. The van der Waals surface area contributed by atoms with Crippen LogP contribution in [0.4, 0.5) is 13.2 Å². The fourth-order valence-corrected chi connectivity index (χ4v) is 2.72. The van der Waals surface area contributed by atoms with E-state index in [-0.39, 0.29) is 19.1 Å². The number of alkyl halides is 3. The summed E-state index contributed by atoms with van der Waals surface area (Å²) >= 11 is 7.14. The Morgan fingerprint density at radius 2 is 2.12 bits per heavy atom. The van der Waals surface area contributed by atoms with E-state index in [0.29, 0.717) is 4.34 Å². The highest BCUT2D eigenvalue weighted by atomic mass is 35.5. The summed E-state index contributed by atoms with van der Waals surface area (Å²) in [4.78, 5) is 2.50. The lowest BCUT2D eigenvalue weighted by Gasteiger charge is -2.26. The Morgan fingerprint density at radius 3 is 2.53 bits per heavy atom. The first kappa shape index (κ1) is 14.8. The van der Waals surface area contributed by atoms with Gasteiger partial charge in [-0.1, -0.05) is 11.6 Å². The van der Waals surface area contributed by atoms with Crippen molar-refractivity contribution in [3.8, 4) is 0 Å². The molecule has 1 aromatic heterocycles. The number of thiophene rings is 1. The fraction of sp³-hybridized carbons (Fsp3) is 0.600. The van der Waals surface area contributed by atoms with E-state index < -0.39 is 12.6 Å². The summed E-state index contributed by atoms with van der Waals surface area (Å²) in [5, 5.41) is 0. The van der Waals surface area contributed by atoms with Crippen LogP contribution in [0.15, 0.2) is 12.1 Å². The predicted octanol–water partition coefficient (Wildman–Crippen LogP) is 3.29. The highest BCUT2D eigenvalue weighted by molar-refractivity contribution is 7.16. The van der Waals surface area contributed by atoms with Crippen molar-refractivity contribution in [3.05, 3.63) is 21.3 Å². The molecule has 1 unspecified atom stereocenters. The Balaban J connectivity index is 2.61. The second-order valence-corrected chi connectivity index (χ2v) is 5.49. The van der Waals surface area contributed by atoms with Crippen molar-refractivity contribution in [2.24, 2.45) is 5.73 Å². The summed E-state index contributed by atoms with van der Waals surface area (Å²) in [7, 11) is 1.64. The molecule has 1 heterocycles. The van der Waals surface area contributed by atoms with Crippen LogP contribution in [0.3, 0.4) is 0 Å². The molecule has 0 saturated heterocycles. The highest BCUT2D eigenvalue weighted by Gasteiger charge is 2.28. The summed E-state index contributed by atoms with van der Waals surface area (Å²) in [5.41, 5.74) is 5.59. The molecule has 1 rings (SSSR count). The van der Waals surface area contributed by atoms with Gasteiger partial charge < -0.3 is 5.73 Å². The molecule has 2 nitrogen and oxygen atoms in total. The smallest absolute Gasteiger partial charge is 0.329 e. The lowest BCUT2D eigenvalue weighted by atomic mass is 10.2. The predicted molar refractivity (Wildman–Crippen MR) is 64.4 cm³/mol. The van der Waals surface area contributed by atoms with E-state index in [2.05, 4.69) is 0 Å². The molecular formula is C10H14ClF3N2S. The quantitative estimate of drug-likeness (QED) is 0.900. The van der Waals surface area contributed by atoms with E-state index >= 15 is 0 Å². The van der Waals surface area contributed by atoms with Gasteiger partial charge in [0.2, 0.25) is 0 Å². The number of hydrogen-bond acceptors (Lipinski definition) is 3. The molecule has 0 aliphatic carbocycles. The molecule has 1 aromatic rings. The maximum atomic E-state index is 12.1. The van der Waals surface area contributed by atoms with Crippen molar-refractivity contribution in [2.75, 3.05) is 20.1 Å². The van der Waals surface area contributed by atoms with Crippen LogP contribution in [0.2, 0.25) is 4.34 Å². The SMILES string of the molecule is CN(CCC(F)(F)F)C(CN)c1ccc(Cl)s1. The van der Waals surface area contributed by atoms with Gasteiger partial charge in [-0.2, -0.15) is 13.2 Å². The Labute approximate surface area is 107 Å². The molecule has 0 saturated carbocycles. The lowest BCUT2D eigenvalue weighted by molar-refractivity contribution is -0.138. The molecule has 0 amide bonds. The summed E-state index contributed by atoms with van der Waals surface area (Å²) in [5.74, 6) is 0. The van der Waals surface area contributed by atoms with Crippen LogP contribution >= 0.6 is 22.9 Å². The molecule has 1 atom stereocenters. The number of nitrogens with two attached hydrogens (primary N) is 1. The molecule has 17 heavy (non-hydrogen) atoms. The number of halogens is 4. The number of nitrogens with zero attached hydrogens (tertiary/aromatic N) is 1. The largest absolute Gasteiger partial charge is 0.390 e. The van der Waals surface area contributed by atoms with E-state index in [0.717, 1.165) is 4.88 Å². The topological polar surface area (TPSA) is 29.3 Å². The first-order valence-electron chi connectivity index (χ1n) is 5.06. The van der Waals surface area contributed by atoms with Crippen molar-refractivity contribution in [1.82, 2.24) is 4.90 Å². The van der Waals surface area contributed by atoms with Crippen molar-refractivity contribution < 1.29 is 13.2 Å². The van der Waals surface area contributed by atoms with Gasteiger partial charge in [-0.15, -0.1) is 11.3 Å². The van der Waals surface area contributed by atoms with Gasteiger partial charge in [-0.05, 0) is 19.2 Å². The van der Waals surface area contributed by atoms with Crippen LogP contribution in [0.5, 0.6) is 0 Å². The van der Waals surface area contributed by atoms with Crippen molar-refractivity contribution in [1.29, 1.82) is 0 Å².